The molecule has 1 aromatic heterocycles. The molecule has 0 bridgehead atoms. The van der Waals surface area contributed by atoms with E-state index in [1.807, 2.05) is 73.7 Å². The van der Waals surface area contributed by atoms with Crippen LogP contribution in [0.5, 0.6) is 0 Å². The van der Waals surface area contributed by atoms with Gasteiger partial charge < -0.3 is 0 Å². The highest BCUT2D eigenvalue weighted by Crippen LogP contribution is 2.23. The number of nitrogens with zero attached hydrogens (tertiary/aromatic N) is 2. The highest BCUT2D eigenvalue weighted by molar-refractivity contribution is 5.66. The van der Waals surface area contributed by atoms with Gasteiger partial charge in [0.1, 0.15) is 0 Å². The number of allylic oxidation sites excluding steroid dienone is 2. The number of para-hydroxylation sites is 1. The van der Waals surface area contributed by atoms with Crippen LogP contribution in [0.1, 0.15) is 23.4 Å². The van der Waals surface area contributed by atoms with Crippen molar-refractivity contribution in [1.29, 1.82) is 0 Å². The van der Waals surface area contributed by atoms with Crippen molar-refractivity contribution in [2.75, 3.05) is 0 Å². The van der Waals surface area contributed by atoms with Gasteiger partial charge in [-0.05, 0) is 49.8 Å². The summed E-state index contributed by atoms with van der Waals surface area (Å²) in [4.78, 5) is 13.2. The summed E-state index contributed by atoms with van der Waals surface area (Å²) in [5.74, 6) is 0. The van der Waals surface area contributed by atoms with Crippen molar-refractivity contribution < 1.29 is 0 Å². The normalized spacial score (nSPS) is 12.9. The minimum absolute atomic E-state index is 0.0498. The molecule has 0 saturated carbocycles. The minimum Gasteiger partial charge on any atom is -0.260 e. The van der Waals surface area contributed by atoms with Gasteiger partial charge in [-0.25, -0.2) is 4.79 Å². The number of fused-ring (bicyclic) bond motifs is 1. The third-order valence-corrected chi connectivity index (χ3v) is 4.26. The Morgan fingerprint density at radius 1 is 0.750 bits per heavy atom. The summed E-state index contributed by atoms with van der Waals surface area (Å²) in [5, 5.41) is 0. The maximum Gasteiger partial charge on any atom is 0.338 e. The predicted molar refractivity (Wildman–Crippen MR) is 98.8 cm³/mol. The van der Waals surface area contributed by atoms with E-state index in [0.29, 0.717) is 0 Å². The lowest BCUT2D eigenvalue weighted by molar-refractivity contribution is 0.902. The molecule has 0 atom stereocenters. The Balaban J connectivity index is 2.05. The monoisotopic (exact) mass is 314 g/mol. The van der Waals surface area contributed by atoms with E-state index in [1.54, 1.807) is 9.13 Å². The molecule has 3 aromatic rings. The fourth-order valence-corrected chi connectivity index (χ4v) is 3.06. The van der Waals surface area contributed by atoms with Crippen LogP contribution in [0, 0.1) is 6.92 Å². The highest BCUT2D eigenvalue weighted by atomic mass is 16.1. The number of aromatic nitrogens is 2. The van der Waals surface area contributed by atoms with Crippen molar-refractivity contribution in [2.24, 2.45) is 0 Å². The van der Waals surface area contributed by atoms with E-state index in [0.717, 1.165) is 29.2 Å². The smallest absolute Gasteiger partial charge is 0.260 e. The minimum atomic E-state index is -0.0498. The first kappa shape index (κ1) is 14.5. The number of rotatable bonds is 2. The lowest BCUT2D eigenvalue weighted by Crippen LogP contribution is -2.23. The Morgan fingerprint density at radius 3 is 1.88 bits per heavy atom. The summed E-state index contributed by atoms with van der Waals surface area (Å²) >= 11 is 0. The number of benzene rings is 2. The zero-order chi connectivity index (χ0) is 16.5. The maximum absolute atomic E-state index is 13.2. The third kappa shape index (κ3) is 2.35. The lowest BCUT2D eigenvalue weighted by atomic mass is 10.2. The van der Waals surface area contributed by atoms with Crippen molar-refractivity contribution in [3.05, 3.63) is 94.2 Å². The summed E-state index contributed by atoms with van der Waals surface area (Å²) < 4.78 is 3.56. The Labute approximate surface area is 140 Å². The van der Waals surface area contributed by atoms with Crippen molar-refractivity contribution >= 4 is 12.2 Å². The second-order valence-corrected chi connectivity index (χ2v) is 5.94. The van der Waals surface area contributed by atoms with Crippen molar-refractivity contribution in [2.45, 2.75) is 13.3 Å². The van der Waals surface area contributed by atoms with Gasteiger partial charge >= 0.3 is 5.69 Å². The van der Waals surface area contributed by atoms with Crippen LogP contribution in [0.3, 0.4) is 0 Å². The van der Waals surface area contributed by atoms with Crippen LogP contribution in [0.4, 0.5) is 0 Å². The Hall–Kier alpha value is -3.07. The lowest BCUT2D eigenvalue weighted by Gasteiger charge is -2.05. The summed E-state index contributed by atoms with van der Waals surface area (Å²) in [5.41, 5.74) is 4.73. The molecule has 118 valence electrons. The SMILES string of the molecule is Cc1ccc(-n2c3c(n(-c4ccccc4)c2=O)C=CCC=C3)cc1. The van der Waals surface area contributed by atoms with Crippen LogP contribution in [-0.2, 0) is 0 Å². The molecule has 0 aliphatic heterocycles. The molecule has 0 unspecified atom stereocenters. The average molecular weight is 314 g/mol. The molecule has 1 aliphatic carbocycles. The predicted octanol–water partition coefficient (Wildman–Crippen LogP) is 4.37. The van der Waals surface area contributed by atoms with Crippen LogP contribution in [0.25, 0.3) is 23.5 Å². The van der Waals surface area contributed by atoms with E-state index in [1.165, 1.54) is 5.56 Å². The van der Waals surface area contributed by atoms with Gasteiger partial charge in [0.25, 0.3) is 0 Å². The maximum atomic E-state index is 13.2. The van der Waals surface area contributed by atoms with Gasteiger partial charge in [0.15, 0.2) is 0 Å². The van der Waals surface area contributed by atoms with E-state index in [2.05, 4.69) is 12.2 Å². The molecule has 3 nitrogen and oxygen atoms in total. The fraction of sp³-hybridized carbons (Fsp3) is 0.0952. The van der Waals surface area contributed by atoms with Gasteiger partial charge in [0, 0.05) is 0 Å². The van der Waals surface area contributed by atoms with Crippen molar-refractivity contribution in [3.63, 3.8) is 0 Å². The number of imidazole rings is 1. The molecule has 0 N–H and O–H groups in total. The van der Waals surface area contributed by atoms with Crippen LogP contribution in [-0.4, -0.2) is 9.13 Å². The molecule has 1 heterocycles. The average Bonchev–Trinajstić information content (AvgIpc) is 2.75. The van der Waals surface area contributed by atoms with Gasteiger partial charge in [0.2, 0.25) is 0 Å². The topological polar surface area (TPSA) is 26.9 Å². The van der Waals surface area contributed by atoms with Crippen molar-refractivity contribution in [3.8, 4) is 11.4 Å². The van der Waals surface area contributed by atoms with Gasteiger partial charge in [-0.1, -0.05) is 48.0 Å². The first-order chi connectivity index (χ1) is 11.8. The van der Waals surface area contributed by atoms with Crippen LogP contribution >= 0.6 is 0 Å². The molecular formula is C21H18N2O. The van der Waals surface area contributed by atoms with E-state index in [9.17, 15) is 4.79 Å². The van der Waals surface area contributed by atoms with Crippen LogP contribution < -0.4 is 5.69 Å². The molecule has 24 heavy (non-hydrogen) atoms. The summed E-state index contributed by atoms with van der Waals surface area (Å²) in [6.07, 6.45) is 9.11. The van der Waals surface area contributed by atoms with E-state index >= 15 is 0 Å². The van der Waals surface area contributed by atoms with E-state index in [-0.39, 0.29) is 5.69 Å². The number of hydrogen-bond acceptors (Lipinski definition) is 1. The molecule has 0 saturated heterocycles. The number of aryl methyl sites for hydroxylation is 1. The van der Waals surface area contributed by atoms with Crippen LogP contribution in [0.15, 0.2) is 71.5 Å². The summed E-state index contributed by atoms with van der Waals surface area (Å²) in [7, 11) is 0. The molecule has 0 fully saturated rings. The van der Waals surface area contributed by atoms with Gasteiger partial charge in [-0.2, -0.15) is 0 Å². The first-order valence-corrected chi connectivity index (χ1v) is 8.09. The molecule has 0 amide bonds. The van der Waals surface area contributed by atoms with Gasteiger partial charge in [-0.15, -0.1) is 0 Å². The summed E-state index contributed by atoms with van der Waals surface area (Å²) in [6.45, 7) is 2.05. The molecule has 4 rings (SSSR count). The standard InChI is InChI=1S/C21H18N2O/c1-16-12-14-18(15-13-16)23-20-11-7-3-6-10-19(20)22(21(23)24)17-8-4-2-5-9-17/h2,4-15H,3H2,1H3. The van der Waals surface area contributed by atoms with Gasteiger partial charge in [0.05, 0.1) is 22.8 Å². The van der Waals surface area contributed by atoms with Crippen molar-refractivity contribution in [1.82, 2.24) is 9.13 Å². The largest absolute Gasteiger partial charge is 0.338 e. The zero-order valence-corrected chi connectivity index (χ0v) is 13.5. The Kier molecular flexibility index (Phi) is 3.54. The third-order valence-electron chi connectivity index (χ3n) is 4.26. The molecule has 0 radical (unpaired) electrons. The Morgan fingerprint density at radius 2 is 1.29 bits per heavy atom. The second-order valence-electron chi connectivity index (χ2n) is 5.94. The quantitative estimate of drug-likeness (QED) is 0.690. The Bertz CT molecular complexity index is 987. The molecule has 1 aliphatic rings. The zero-order valence-electron chi connectivity index (χ0n) is 13.5. The molecule has 3 heteroatoms. The molecular weight excluding hydrogens is 296 g/mol. The van der Waals surface area contributed by atoms with E-state index < -0.39 is 0 Å². The first-order valence-electron chi connectivity index (χ1n) is 8.09. The van der Waals surface area contributed by atoms with Crippen LogP contribution in [0.2, 0.25) is 0 Å². The summed E-state index contributed by atoms with van der Waals surface area (Å²) in [6, 6.07) is 17.8. The number of hydrogen-bond donors (Lipinski definition) is 0. The van der Waals surface area contributed by atoms with Gasteiger partial charge in [-0.3, -0.25) is 9.13 Å². The van der Waals surface area contributed by atoms with E-state index in [4.69, 9.17) is 0 Å². The molecule has 2 aromatic carbocycles. The highest BCUT2D eigenvalue weighted by Gasteiger charge is 2.19. The fourth-order valence-electron chi connectivity index (χ4n) is 3.06. The molecule has 0 spiro atoms. The second kappa shape index (κ2) is 5.85.